The maximum atomic E-state index is 12.5. The zero-order valence-electron chi connectivity index (χ0n) is 12.6. The van der Waals surface area contributed by atoms with E-state index in [2.05, 4.69) is 11.5 Å². The predicted molar refractivity (Wildman–Crippen MR) is 93.6 cm³/mol. The molecule has 0 bridgehead atoms. The summed E-state index contributed by atoms with van der Waals surface area (Å²) in [6.07, 6.45) is 2.16. The summed E-state index contributed by atoms with van der Waals surface area (Å²) in [4.78, 5) is 12.5. The molecule has 3 heteroatoms. The van der Waals surface area contributed by atoms with Crippen molar-refractivity contribution in [2.45, 2.75) is 26.3 Å². The third kappa shape index (κ3) is 2.67. The molecule has 0 saturated heterocycles. The highest BCUT2D eigenvalue weighted by Gasteiger charge is 2.12. The number of aryl methyl sites for hydroxylation is 1. The molecule has 0 radical (unpaired) electrons. The number of fused-ring (bicyclic) bond motifs is 1. The number of benzene rings is 2. The Hall–Kier alpha value is -2.06. The second-order valence-corrected chi connectivity index (χ2v) is 5.80. The molecule has 2 aromatic carbocycles. The maximum Gasteiger partial charge on any atom is 0.190 e. The molecule has 0 saturated carbocycles. The molecule has 0 aliphatic carbocycles. The van der Waals surface area contributed by atoms with Gasteiger partial charge in [0, 0.05) is 28.6 Å². The summed E-state index contributed by atoms with van der Waals surface area (Å²) >= 11 is 6.35. The van der Waals surface area contributed by atoms with E-state index in [1.165, 1.54) is 0 Å². The Balaban J connectivity index is 2.33. The fraction of sp³-hybridized carbons (Fsp3) is 0.211. The fourth-order valence-electron chi connectivity index (χ4n) is 2.78. The molecule has 0 spiro atoms. The van der Waals surface area contributed by atoms with Gasteiger partial charge in [0.1, 0.15) is 0 Å². The Labute approximate surface area is 135 Å². The first-order valence-corrected chi connectivity index (χ1v) is 7.97. The summed E-state index contributed by atoms with van der Waals surface area (Å²) in [7, 11) is 0. The summed E-state index contributed by atoms with van der Waals surface area (Å²) in [6.45, 7) is 3.04. The van der Waals surface area contributed by atoms with E-state index in [1.807, 2.05) is 48.5 Å². The van der Waals surface area contributed by atoms with Crippen LogP contribution >= 0.6 is 11.6 Å². The molecule has 0 atom stereocenters. The summed E-state index contributed by atoms with van der Waals surface area (Å²) < 4.78 is 2.21. The first-order valence-electron chi connectivity index (χ1n) is 7.60. The van der Waals surface area contributed by atoms with Gasteiger partial charge in [0.2, 0.25) is 0 Å². The van der Waals surface area contributed by atoms with Gasteiger partial charge in [-0.3, -0.25) is 4.79 Å². The minimum absolute atomic E-state index is 0.0401. The Morgan fingerprint density at radius 3 is 2.55 bits per heavy atom. The van der Waals surface area contributed by atoms with Crippen molar-refractivity contribution in [3.8, 4) is 11.3 Å². The number of aromatic nitrogens is 1. The third-order valence-electron chi connectivity index (χ3n) is 3.90. The molecule has 3 aromatic rings. The Kier molecular flexibility index (Phi) is 4.30. The van der Waals surface area contributed by atoms with Gasteiger partial charge in [-0.2, -0.15) is 0 Å². The van der Waals surface area contributed by atoms with Crippen molar-refractivity contribution in [2.75, 3.05) is 0 Å². The number of nitrogens with zero attached hydrogens (tertiary/aromatic N) is 1. The highest BCUT2D eigenvalue weighted by Crippen LogP contribution is 2.29. The second-order valence-electron chi connectivity index (χ2n) is 5.40. The molecule has 3 rings (SSSR count). The highest BCUT2D eigenvalue weighted by molar-refractivity contribution is 6.33. The molecule has 0 fully saturated rings. The Morgan fingerprint density at radius 1 is 1.05 bits per heavy atom. The van der Waals surface area contributed by atoms with E-state index in [0.717, 1.165) is 41.5 Å². The Bertz CT molecular complexity index is 867. The summed E-state index contributed by atoms with van der Waals surface area (Å²) in [5.74, 6) is 0. The number of halogens is 1. The van der Waals surface area contributed by atoms with Crippen LogP contribution in [-0.2, 0) is 6.54 Å². The van der Waals surface area contributed by atoms with Crippen LogP contribution in [0.1, 0.15) is 19.8 Å². The van der Waals surface area contributed by atoms with Gasteiger partial charge in [0.05, 0.1) is 11.2 Å². The van der Waals surface area contributed by atoms with E-state index in [9.17, 15) is 4.79 Å². The van der Waals surface area contributed by atoms with Crippen LogP contribution in [0.5, 0.6) is 0 Å². The van der Waals surface area contributed by atoms with Crippen molar-refractivity contribution >= 4 is 22.5 Å². The topological polar surface area (TPSA) is 22.0 Å². The molecule has 112 valence electrons. The van der Waals surface area contributed by atoms with Crippen LogP contribution in [0.4, 0.5) is 0 Å². The molecule has 0 aliphatic heterocycles. The van der Waals surface area contributed by atoms with Gasteiger partial charge in [0.15, 0.2) is 5.43 Å². The van der Waals surface area contributed by atoms with Crippen LogP contribution in [-0.4, -0.2) is 4.57 Å². The molecule has 1 heterocycles. The van der Waals surface area contributed by atoms with Gasteiger partial charge >= 0.3 is 0 Å². The average molecular weight is 312 g/mol. The minimum Gasteiger partial charge on any atom is -0.340 e. The first kappa shape index (κ1) is 14.9. The van der Waals surface area contributed by atoms with Gasteiger partial charge in [-0.05, 0) is 24.6 Å². The van der Waals surface area contributed by atoms with Gasteiger partial charge in [0.25, 0.3) is 0 Å². The standard InChI is InChI=1S/C19H18ClNO/c1-2-3-12-21-17-11-7-5-9-15(17)19(22)13-18(21)14-8-4-6-10-16(14)20/h4-11,13H,2-3,12H2,1H3. The van der Waals surface area contributed by atoms with Crippen LogP contribution < -0.4 is 5.43 Å². The first-order chi connectivity index (χ1) is 10.7. The monoisotopic (exact) mass is 311 g/mol. The molecular weight excluding hydrogens is 294 g/mol. The summed E-state index contributed by atoms with van der Waals surface area (Å²) in [6, 6.07) is 17.2. The lowest BCUT2D eigenvalue weighted by Gasteiger charge is -2.17. The lowest BCUT2D eigenvalue weighted by Crippen LogP contribution is -2.12. The third-order valence-corrected chi connectivity index (χ3v) is 4.23. The molecule has 0 N–H and O–H groups in total. The zero-order valence-corrected chi connectivity index (χ0v) is 13.3. The van der Waals surface area contributed by atoms with Crippen molar-refractivity contribution in [3.63, 3.8) is 0 Å². The maximum absolute atomic E-state index is 12.5. The molecule has 22 heavy (non-hydrogen) atoms. The molecule has 0 aliphatic rings. The quantitative estimate of drug-likeness (QED) is 0.655. The van der Waals surface area contributed by atoms with Crippen molar-refractivity contribution in [1.29, 1.82) is 0 Å². The van der Waals surface area contributed by atoms with E-state index in [0.29, 0.717) is 5.02 Å². The average Bonchev–Trinajstić information content (AvgIpc) is 2.54. The van der Waals surface area contributed by atoms with Crippen molar-refractivity contribution in [2.24, 2.45) is 0 Å². The predicted octanol–water partition coefficient (Wildman–Crippen LogP) is 5.12. The lowest BCUT2D eigenvalue weighted by molar-refractivity contribution is 0.651. The van der Waals surface area contributed by atoms with E-state index < -0.39 is 0 Å². The van der Waals surface area contributed by atoms with E-state index in [1.54, 1.807) is 6.07 Å². The van der Waals surface area contributed by atoms with Crippen LogP contribution in [0.25, 0.3) is 22.2 Å². The molecule has 0 unspecified atom stereocenters. The number of pyridine rings is 1. The summed E-state index contributed by atoms with van der Waals surface area (Å²) in [5.41, 5.74) is 2.81. The van der Waals surface area contributed by atoms with Crippen LogP contribution in [0.2, 0.25) is 5.02 Å². The van der Waals surface area contributed by atoms with E-state index >= 15 is 0 Å². The van der Waals surface area contributed by atoms with E-state index in [4.69, 9.17) is 11.6 Å². The van der Waals surface area contributed by atoms with Crippen molar-refractivity contribution in [3.05, 3.63) is 69.8 Å². The number of rotatable bonds is 4. The van der Waals surface area contributed by atoms with Gasteiger partial charge in [-0.25, -0.2) is 0 Å². The SMILES string of the molecule is CCCCn1c(-c2ccccc2Cl)cc(=O)c2ccccc21. The number of hydrogen-bond acceptors (Lipinski definition) is 1. The van der Waals surface area contributed by atoms with Gasteiger partial charge in [-0.15, -0.1) is 0 Å². The second kappa shape index (κ2) is 6.37. The number of hydrogen-bond donors (Lipinski definition) is 0. The van der Waals surface area contributed by atoms with Gasteiger partial charge in [-0.1, -0.05) is 55.3 Å². The number of unbranched alkanes of at least 4 members (excludes halogenated alkanes) is 1. The van der Waals surface area contributed by atoms with Crippen LogP contribution in [0.15, 0.2) is 59.4 Å². The highest BCUT2D eigenvalue weighted by atomic mass is 35.5. The Morgan fingerprint density at radius 2 is 1.77 bits per heavy atom. The number of para-hydroxylation sites is 1. The molecular formula is C19H18ClNO. The molecule has 1 aromatic heterocycles. The summed E-state index contributed by atoms with van der Waals surface area (Å²) in [5, 5.41) is 1.43. The lowest BCUT2D eigenvalue weighted by atomic mass is 10.1. The smallest absolute Gasteiger partial charge is 0.190 e. The largest absolute Gasteiger partial charge is 0.340 e. The molecule has 2 nitrogen and oxygen atoms in total. The van der Waals surface area contributed by atoms with Gasteiger partial charge < -0.3 is 4.57 Å². The van der Waals surface area contributed by atoms with E-state index in [-0.39, 0.29) is 5.43 Å². The zero-order chi connectivity index (χ0) is 15.5. The van der Waals surface area contributed by atoms with Crippen LogP contribution in [0, 0.1) is 0 Å². The normalized spacial score (nSPS) is 11.0. The minimum atomic E-state index is 0.0401. The van der Waals surface area contributed by atoms with Crippen molar-refractivity contribution < 1.29 is 0 Å². The molecule has 0 amide bonds. The van der Waals surface area contributed by atoms with Crippen molar-refractivity contribution in [1.82, 2.24) is 4.57 Å². The fourth-order valence-corrected chi connectivity index (χ4v) is 3.01. The van der Waals surface area contributed by atoms with Crippen LogP contribution in [0.3, 0.4) is 0 Å².